The highest BCUT2D eigenvalue weighted by molar-refractivity contribution is 6.21. The molecule has 1 N–H and O–H groups in total. The molecular formula is C20H20N2O6. The van der Waals surface area contributed by atoms with Gasteiger partial charge in [0.15, 0.2) is 6.61 Å². The number of carbonyl (C=O) groups excluding carboxylic acids is 4. The lowest BCUT2D eigenvalue weighted by molar-refractivity contribution is -0.148. The molecule has 0 bridgehead atoms. The number of hydrogen-bond acceptors (Lipinski definition) is 6. The molecule has 0 fully saturated rings. The number of amides is 3. The van der Waals surface area contributed by atoms with E-state index in [0.717, 1.165) is 10.5 Å². The number of aryl methyl sites for hydroxylation is 1. The largest absolute Gasteiger partial charge is 0.467 e. The first-order valence-corrected chi connectivity index (χ1v) is 8.87. The van der Waals surface area contributed by atoms with E-state index in [2.05, 4.69) is 5.32 Å². The molecule has 2 heterocycles. The summed E-state index contributed by atoms with van der Waals surface area (Å²) in [6.07, 6.45) is 1.76. The highest BCUT2D eigenvalue weighted by Crippen LogP contribution is 2.24. The lowest BCUT2D eigenvalue weighted by atomic mass is 10.1. The molecule has 1 aromatic heterocycles. The second-order valence-electron chi connectivity index (χ2n) is 6.43. The highest BCUT2D eigenvalue weighted by atomic mass is 16.5. The standard InChI is InChI=1S/C20H20N2O6/c1-13-6-7-15-16(10-13)20(26)22(19(15)25)8-2-5-18(24)28-12-17(23)21-11-14-4-3-9-27-14/h3-4,6-7,9-10H,2,5,8,11-12H2,1H3,(H,21,23). The van der Waals surface area contributed by atoms with Gasteiger partial charge >= 0.3 is 5.97 Å². The maximum absolute atomic E-state index is 12.3. The van der Waals surface area contributed by atoms with Crippen molar-refractivity contribution in [1.82, 2.24) is 10.2 Å². The quantitative estimate of drug-likeness (QED) is 0.550. The van der Waals surface area contributed by atoms with Crippen molar-refractivity contribution < 1.29 is 28.3 Å². The predicted octanol–water partition coefficient (Wildman–Crippen LogP) is 1.82. The fraction of sp³-hybridized carbons (Fsp3) is 0.300. The Morgan fingerprint density at radius 1 is 1.14 bits per heavy atom. The van der Waals surface area contributed by atoms with Gasteiger partial charge in [-0.1, -0.05) is 11.6 Å². The first-order chi connectivity index (χ1) is 13.5. The Bertz CT molecular complexity index is 903. The summed E-state index contributed by atoms with van der Waals surface area (Å²) in [5.41, 5.74) is 1.67. The third-order valence-electron chi connectivity index (χ3n) is 4.29. The third-order valence-corrected chi connectivity index (χ3v) is 4.29. The van der Waals surface area contributed by atoms with Gasteiger partial charge in [-0.05, 0) is 37.6 Å². The summed E-state index contributed by atoms with van der Waals surface area (Å²) in [6.45, 7) is 1.78. The van der Waals surface area contributed by atoms with E-state index in [-0.39, 0.29) is 37.7 Å². The molecule has 8 heteroatoms. The van der Waals surface area contributed by atoms with Gasteiger partial charge in [0, 0.05) is 13.0 Å². The summed E-state index contributed by atoms with van der Waals surface area (Å²) < 4.78 is 9.98. The van der Waals surface area contributed by atoms with E-state index in [1.54, 1.807) is 30.3 Å². The molecule has 2 aromatic rings. The van der Waals surface area contributed by atoms with E-state index in [1.165, 1.54) is 6.26 Å². The summed E-state index contributed by atoms with van der Waals surface area (Å²) in [5.74, 6) is -1.13. The van der Waals surface area contributed by atoms with Crippen molar-refractivity contribution in [3.8, 4) is 0 Å². The Balaban J connectivity index is 1.38. The number of benzene rings is 1. The van der Waals surface area contributed by atoms with Gasteiger partial charge in [-0.3, -0.25) is 24.1 Å². The number of carbonyl (C=O) groups is 4. The predicted molar refractivity (Wildman–Crippen MR) is 97.3 cm³/mol. The van der Waals surface area contributed by atoms with Gasteiger partial charge in [0.05, 0.1) is 23.9 Å². The van der Waals surface area contributed by atoms with Gasteiger partial charge in [0.2, 0.25) is 0 Å². The third kappa shape index (κ3) is 4.46. The molecule has 0 aliphatic carbocycles. The van der Waals surface area contributed by atoms with Crippen LogP contribution in [0.3, 0.4) is 0 Å². The minimum Gasteiger partial charge on any atom is -0.467 e. The van der Waals surface area contributed by atoms with E-state index >= 15 is 0 Å². The lowest BCUT2D eigenvalue weighted by Crippen LogP contribution is -2.31. The van der Waals surface area contributed by atoms with E-state index < -0.39 is 18.5 Å². The van der Waals surface area contributed by atoms with Crippen LogP contribution in [0.4, 0.5) is 0 Å². The normalized spacial score (nSPS) is 12.8. The molecule has 3 amide bonds. The van der Waals surface area contributed by atoms with Gasteiger partial charge in [-0.15, -0.1) is 0 Å². The van der Waals surface area contributed by atoms with E-state index in [0.29, 0.717) is 16.9 Å². The molecule has 1 aromatic carbocycles. The van der Waals surface area contributed by atoms with Crippen molar-refractivity contribution in [2.75, 3.05) is 13.2 Å². The smallest absolute Gasteiger partial charge is 0.306 e. The molecule has 0 saturated heterocycles. The van der Waals surface area contributed by atoms with Crippen LogP contribution in [0.5, 0.6) is 0 Å². The second kappa shape index (κ2) is 8.51. The fourth-order valence-corrected chi connectivity index (χ4v) is 2.86. The first-order valence-electron chi connectivity index (χ1n) is 8.87. The van der Waals surface area contributed by atoms with Crippen molar-refractivity contribution >= 4 is 23.7 Å². The number of nitrogens with zero attached hydrogens (tertiary/aromatic N) is 1. The minimum absolute atomic E-state index is 0.00209. The maximum Gasteiger partial charge on any atom is 0.306 e. The minimum atomic E-state index is -0.569. The topological polar surface area (TPSA) is 106 Å². The van der Waals surface area contributed by atoms with Crippen LogP contribution < -0.4 is 5.32 Å². The zero-order valence-electron chi connectivity index (χ0n) is 15.4. The molecule has 0 unspecified atom stereocenters. The summed E-state index contributed by atoms with van der Waals surface area (Å²) >= 11 is 0. The number of ether oxygens (including phenoxy) is 1. The first kappa shape index (κ1) is 19.3. The number of imide groups is 1. The van der Waals surface area contributed by atoms with Crippen LogP contribution in [-0.2, 0) is 20.9 Å². The summed E-state index contributed by atoms with van der Waals surface area (Å²) in [7, 11) is 0. The summed E-state index contributed by atoms with van der Waals surface area (Å²) in [4.78, 5) is 49.2. The van der Waals surface area contributed by atoms with Crippen LogP contribution >= 0.6 is 0 Å². The number of rotatable bonds is 8. The van der Waals surface area contributed by atoms with Gasteiger partial charge in [-0.25, -0.2) is 0 Å². The van der Waals surface area contributed by atoms with Crippen molar-refractivity contribution in [3.05, 3.63) is 59.0 Å². The number of furan rings is 1. The number of hydrogen-bond donors (Lipinski definition) is 1. The van der Waals surface area contributed by atoms with Gasteiger partial charge < -0.3 is 14.5 Å². The van der Waals surface area contributed by atoms with E-state index in [4.69, 9.17) is 9.15 Å². The summed E-state index contributed by atoms with van der Waals surface area (Å²) in [5, 5.41) is 2.56. The molecule has 8 nitrogen and oxygen atoms in total. The Labute approximate surface area is 161 Å². The van der Waals surface area contributed by atoms with E-state index in [9.17, 15) is 19.2 Å². The van der Waals surface area contributed by atoms with Gasteiger partial charge in [-0.2, -0.15) is 0 Å². The molecule has 0 saturated carbocycles. The Morgan fingerprint density at radius 3 is 2.68 bits per heavy atom. The molecular weight excluding hydrogens is 364 g/mol. The van der Waals surface area contributed by atoms with Gasteiger partial charge in [0.25, 0.3) is 17.7 Å². The zero-order valence-corrected chi connectivity index (χ0v) is 15.4. The Morgan fingerprint density at radius 2 is 1.93 bits per heavy atom. The zero-order chi connectivity index (χ0) is 20.1. The van der Waals surface area contributed by atoms with Crippen LogP contribution in [0.15, 0.2) is 41.0 Å². The molecule has 0 radical (unpaired) electrons. The van der Waals surface area contributed by atoms with Crippen LogP contribution in [-0.4, -0.2) is 41.7 Å². The van der Waals surface area contributed by atoms with Crippen molar-refractivity contribution in [3.63, 3.8) is 0 Å². The lowest BCUT2D eigenvalue weighted by Gasteiger charge is -2.13. The number of fused-ring (bicyclic) bond motifs is 1. The molecule has 1 aliphatic heterocycles. The molecule has 28 heavy (non-hydrogen) atoms. The number of esters is 1. The molecule has 0 spiro atoms. The van der Waals surface area contributed by atoms with Crippen LogP contribution in [0.25, 0.3) is 0 Å². The Kier molecular flexibility index (Phi) is 5.88. The second-order valence-corrected chi connectivity index (χ2v) is 6.43. The summed E-state index contributed by atoms with van der Waals surface area (Å²) in [6, 6.07) is 8.53. The molecule has 0 atom stereocenters. The van der Waals surface area contributed by atoms with Crippen molar-refractivity contribution in [2.24, 2.45) is 0 Å². The maximum atomic E-state index is 12.3. The fourth-order valence-electron chi connectivity index (χ4n) is 2.86. The molecule has 1 aliphatic rings. The SMILES string of the molecule is Cc1ccc2c(c1)C(=O)N(CCCC(=O)OCC(=O)NCc1ccco1)C2=O. The molecule has 146 valence electrons. The van der Waals surface area contributed by atoms with Crippen LogP contribution in [0, 0.1) is 6.92 Å². The van der Waals surface area contributed by atoms with Crippen molar-refractivity contribution in [2.45, 2.75) is 26.3 Å². The average molecular weight is 384 g/mol. The average Bonchev–Trinajstić information content (AvgIpc) is 3.27. The van der Waals surface area contributed by atoms with Crippen LogP contribution in [0.2, 0.25) is 0 Å². The Hall–Kier alpha value is -3.42. The monoisotopic (exact) mass is 384 g/mol. The van der Waals surface area contributed by atoms with E-state index in [1.807, 2.05) is 6.92 Å². The van der Waals surface area contributed by atoms with Crippen LogP contribution in [0.1, 0.15) is 44.9 Å². The van der Waals surface area contributed by atoms with Gasteiger partial charge in [0.1, 0.15) is 5.76 Å². The highest BCUT2D eigenvalue weighted by Gasteiger charge is 2.34. The molecule has 3 rings (SSSR count). The van der Waals surface area contributed by atoms with Crippen molar-refractivity contribution in [1.29, 1.82) is 0 Å². The number of nitrogens with one attached hydrogen (secondary N) is 1.